The van der Waals surface area contributed by atoms with Crippen LogP contribution in [0.15, 0.2) is 11.0 Å². The highest BCUT2D eigenvalue weighted by molar-refractivity contribution is 7.09. The highest BCUT2D eigenvalue weighted by atomic mass is 32.1. The Labute approximate surface area is 250 Å². The second-order valence-electron chi connectivity index (χ2n) is 12.4. The van der Waals surface area contributed by atoms with Gasteiger partial charge in [0.1, 0.15) is 30.2 Å². The van der Waals surface area contributed by atoms with Crippen molar-refractivity contribution in [3.8, 4) is 0 Å². The van der Waals surface area contributed by atoms with Crippen LogP contribution in [0.25, 0.3) is 6.08 Å². The van der Waals surface area contributed by atoms with Gasteiger partial charge >= 0.3 is 5.97 Å². The zero-order valence-electron chi connectivity index (χ0n) is 25.0. The van der Waals surface area contributed by atoms with Gasteiger partial charge in [-0.1, -0.05) is 33.6 Å². The van der Waals surface area contributed by atoms with E-state index in [-0.39, 0.29) is 24.4 Å². The van der Waals surface area contributed by atoms with Crippen molar-refractivity contribution in [3.63, 3.8) is 0 Å². The van der Waals surface area contributed by atoms with E-state index in [1.165, 1.54) is 11.3 Å². The third-order valence-corrected chi connectivity index (χ3v) is 9.54. The van der Waals surface area contributed by atoms with Gasteiger partial charge in [-0.2, -0.15) is 0 Å². The average molecular weight is 612 g/mol. The third kappa shape index (κ3) is 7.84. The van der Waals surface area contributed by atoms with Gasteiger partial charge in [-0.25, -0.2) is 4.98 Å². The Morgan fingerprint density at radius 2 is 1.86 bits per heavy atom. The molecule has 11 nitrogen and oxygen atoms in total. The lowest BCUT2D eigenvalue weighted by Crippen LogP contribution is -2.48. The van der Waals surface area contributed by atoms with Crippen molar-refractivity contribution in [2.24, 2.45) is 11.3 Å². The number of carbonyl (C=O) groups excluding carboxylic acids is 2. The van der Waals surface area contributed by atoms with E-state index in [1.807, 2.05) is 25.3 Å². The van der Waals surface area contributed by atoms with Gasteiger partial charge < -0.3 is 39.4 Å². The molecular formula is C30H45NO10S. The number of fused-ring (bicyclic) bond motifs is 1. The molecule has 1 aromatic heterocycles. The van der Waals surface area contributed by atoms with Crippen LogP contribution in [0, 0.1) is 18.3 Å². The number of esters is 1. The van der Waals surface area contributed by atoms with Crippen LogP contribution in [0.3, 0.4) is 0 Å². The minimum atomic E-state index is -1.50. The van der Waals surface area contributed by atoms with Crippen LogP contribution in [0.4, 0.5) is 0 Å². The lowest BCUT2D eigenvalue weighted by molar-refractivity contribution is -0.217. The molecule has 0 saturated carbocycles. The van der Waals surface area contributed by atoms with Gasteiger partial charge in [-0.15, -0.1) is 11.3 Å². The number of hydrogen-bond donors (Lipinski definition) is 4. The summed E-state index contributed by atoms with van der Waals surface area (Å²) in [6.45, 7) is 8.15. The van der Waals surface area contributed by atoms with Crippen molar-refractivity contribution in [2.45, 2.75) is 128 Å². The van der Waals surface area contributed by atoms with Gasteiger partial charge in [0.05, 0.1) is 53.6 Å². The second-order valence-corrected chi connectivity index (χ2v) is 13.4. The van der Waals surface area contributed by atoms with Crippen LogP contribution >= 0.6 is 11.3 Å². The maximum Gasteiger partial charge on any atom is 0.309 e. The van der Waals surface area contributed by atoms with Crippen molar-refractivity contribution in [3.05, 3.63) is 21.7 Å². The monoisotopic (exact) mass is 611 g/mol. The number of Topliss-reactive ketones (excluding diaryl/α,β-unsaturated/α-hetero) is 1. The Bertz CT molecular complexity index is 1120. The predicted octanol–water partition coefficient (Wildman–Crippen LogP) is 2.30. The summed E-state index contributed by atoms with van der Waals surface area (Å²) >= 11 is 1.53. The molecule has 236 valence electrons. The number of aromatic nitrogens is 1. The first-order chi connectivity index (χ1) is 19.8. The number of aliphatic hydroxyl groups excluding tert-OH is 4. The maximum absolute atomic E-state index is 13.7. The fourth-order valence-corrected chi connectivity index (χ4v) is 6.36. The fraction of sp³-hybridized carbons (Fsp3) is 0.767. The van der Waals surface area contributed by atoms with Gasteiger partial charge in [-0.3, -0.25) is 9.59 Å². The topological polar surface area (TPSA) is 168 Å². The summed E-state index contributed by atoms with van der Waals surface area (Å²) in [5, 5.41) is 44.0. The Hall–Kier alpha value is -1.77. The molecule has 0 aliphatic carbocycles. The van der Waals surface area contributed by atoms with Gasteiger partial charge in [-0.05, 0) is 38.3 Å². The van der Waals surface area contributed by atoms with Gasteiger partial charge in [0, 0.05) is 17.7 Å². The molecule has 0 radical (unpaired) electrons. The number of aryl methyl sites for hydroxylation is 1. The number of thiazole rings is 1. The largest absolute Gasteiger partial charge is 0.458 e. The summed E-state index contributed by atoms with van der Waals surface area (Å²) in [5.74, 6) is -1.69. The van der Waals surface area contributed by atoms with Gasteiger partial charge in [0.2, 0.25) is 0 Å². The summed E-state index contributed by atoms with van der Waals surface area (Å²) in [4.78, 5) is 31.8. The number of epoxide rings is 1. The molecule has 3 saturated heterocycles. The van der Waals surface area contributed by atoms with E-state index < -0.39 is 66.8 Å². The van der Waals surface area contributed by atoms with E-state index in [0.717, 1.165) is 35.5 Å². The van der Waals surface area contributed by atoms with E-state index in [2.05, 4.69) is 4.98 Å². The molecule has 42 heavy (non-hydrogen) atoms. The normalized spacial score (nSPS) is 38.6. The first kappa shape index (κ1) is 33.1. The van der Waals surface area contributed by atoms with Gasteiger partial charge in [0.15, 0.2) is 6.29 Å². The number of ether oxygens (including phenoxy) is 4. The molecule has 4 N–H and O–H groups in total. The Kier molecular flexibility index (Phi) is 11.0. The summed E-state index contributed by atoms with van der Waals surface area (Å²) in [5.41, 5.74) is 0.263. The van der Waals surface area contributed by atoms with Gasteiger partial charge in [0.25, 0.3) is 0 Å². The first-order valence-corrected chi connectivity index (χ1v) is 15.6. The summed E-state index contributed by atoms with van der Waals surface area (Å²) in [7, 11) is 0. The Morgan fingerprint density at radius 1 is 1.14 bits per heavy atom. The molecule has 10 atom stereocenters. The lowest BCUT2D eigenvalue weighted by Gasteiger charge is -2.37. The summed E-state index contributed by atoms with van der Waals surface area (Å²) in [6.07, 6.45) is -3.20. The van der Waals surface area contributed by atoms with Crippen molar-refractivity contribution >= 4 is 29.2 Å². The molecule has 1 aromatic rings. The first-order valence-electron chi connectivity index (χ1n) is 14.8. The second kappa shape index (κ2) is 13.9. The standard InChI is InChI=1S/C30H45NO10S/c1-15(10-18-14-42-17(3)31-18)21-11-22-20(38-22)9-7-6-8-19(33)16(2)28(37)30(4,5)24(12-25(34)39-21)41-29-27(36)26(35)23(13-32)40-29/h10,14,16,19-24,26-27,29,32-33,35-36H,6-9,11-13H2,1-5H3/b15-10+/t16-,19+,20-,21+,22+,23-,24+,26+,27-,29-/m1/s1. The van der Waals surface area contributed by atoms with Crippen LogP contribution < -0.4 is 0 Å². The van der Waals surface area contributed by atoms with Crippen molar-refractivity contribution in [2.75, 3.05) is 6.61 Å². The molecule has 3 fully saturated rings. The van der Waals surface area contributed by atoms with Crippen molar-refractivity contribution in [1.29, 1.82) is 0 Å². The van der Waals surface area contributed by atoms with Crippen LogP contribution in [0.2, 0.25) is 0 Å². The Balaban J connectivity index is 1.61. The maximum atomic E-state index is 13.7. The summed E-state index contributed by atoms with van der Waals surface area (Å²) in [6, 6.07) is 0. The number of aliphatic hydroxyl groups is 4. The number of nitrogens with zero attached hydrogens (tertiary/aromatic N) is 1. The van der Waals surface area contributed by atoms with Crippen LogP contribution in [0.1, 0.15) is 76.9 Å². The highest BCUT2D eigenvalue weighted by Crippen LogP contribution is 2.38. The predicted molar refractivity (Wildman–Crippen MR) is 153 cm³/mol. The number of rotatable bonds is 5. The molecule has 3 aliphatic heterocycles. The molecular weight excluding hydrogens is 566 g/mol. The van der Waals surface area contributed by atoms with Crippen LogP contribution in [-0.2, 0) is 28.5 Å². The molecule has 0 amide bonds. The molecule has 0 aromatic carbocycles. The smallest absolute Gasteiger partial charge is 0.309 e. The molecule has 4 rings (SSSR count). The summed E-state index contributed by atoms with van der Waals surface area (Å²) < 4.78 is 23.5. The van der Waals surface area contributed by atoms with E-state index in [4.69, 9.17) is 18.9 Å². The molecule has 4 heterocycles. The van der Waals surface area contributed by atoms with E-state index in [9.17, 15) is 30.0 Å². The zero-order valence-corrected chi connectivity index (χ0v) is 25.8. The van der Waals surface area contributed by atoms with Crippen molar-refractivity contribution in [1.82, 2.24) is 4.98 Å². The van der Waals surface area contributed by atoms with E-state index in [0.29, 0.717) is 12.8 Å². The number of hydrogen-bond acceptors (Lipinski definition) is 12. The zero-order chi connectivity index (χ0) is 30.8. The number of carbonyl (C=O) groups is 2. The lowest BCUT2D eigenvalue weighted by atomic mass is 9.74. The molecule has 3 aliphatic rings. The molecule has 0 spiro atoms. The molecule has 0 bridgehead atoms. The average Bonchev–Trinajstić information content (AvgIpc) is 3.46. The van der Waals surface area contributed by atoms with Crippen LogP contribution in [-0.4, -0.2) is 98.9 Å². The number of cyclic esters (lactones) is 1. The number of ketones is 1. The molecule has 0 unspecified atom stereocenters. The SMILES string of the molecule is C/C(=C\c1csc(C)n1)[C@@H]1C[C@@H]2O[C@@H]2CCCC[C@H](O)[C@@H](C)C(=O)C(C)(C)[C@@H](O[C@H]2O[C@H](CO)[C@H](O)[C@H]2O)CC(=O)O1. The third-order valence-electron chi connectivity index (χ3n) is 8.75. The fourth-order valence-electron chi connectivity index (χ4n) is 5.79. The molecule has 12 heteroatoms. The van der Waals surface area contributed by atoms with E-state index >= 15 is 0 Å². The minimum Gasteiger partial charge on any atom is -0.458 e. The van der Waals surface area contributed by atoms with E-state index in [1.54, 1.807) is 20.8 Å². The quantitative estimate of drug-likeness (QED) is 0.285. The van der Waals surface area contributed by atoms with Crippen LogP contribution in [0.5, 0.6) is 0 Å². The minimum absolute atomic E-state index is 0.0477. The van der Waals surface area contributed by atoms with Crippen molar-refractivity contribution < 1.29 is 49.0 Å². The highest BCUT2D eigenvalue weighted by Gasteiger charge is 2.49. The Morgan fingerprint density at radius 3 is 2.50 bits per heavy atom.